The fourth-order valence-corrected chi connectivity index (χ4v) is 2.45. The van der Waals surface area contributed by atoms with Crippen molar-refractivity contribution in [2.24, 2.45) is 5.92 Å². The van der Waals surface area contributed by atoms with Crippen LogP contribution in [0.2, 0.25) is 0 Å². The molecule has 19 heavy (non-hydrogen) atoms. The van der Waals surface area contributed by atoms with Crippen LogP contribution in [0.3, 0.4) is 0 Å². The minimum atomic E-state index is -0.369. The number of hydrogen-bond acceptors (Lipinski definition) is 3. The first-order valence-electron chi connectivity index (χ1n) is 6.62. The van der Waals surface area contributed by atoms with Crippen molar-refractivity contribution >= 4 is 6.09 Å². The molecule has 0 spiro atoms. The number of ether oxygens (including phenoxy) is 1. The third-order valence-electron chi connectivity index (χ3n) is 3.46. The highest BCUT2D eigenvalue weighted by molar-refractivity contribution is 5.67. The largest absolute Gasteiger partial charge is 0.445 e. The molecule has 0 aromatic heterocycles. The standard InChI is InChI=1S/C15H18N2O2/c16-9-8-12-6-7-14(10-12)17-15(18)19-11-13-4-2-1-3-5-13/h1-5,12,14H,6-8,10-11H2,(H,17,18)/t12-,14-/m1/s1. The Bertz CT molecular complexity index is 453. The number of rotatable bonds is 4. The topological polar surface area (TPSA) is 62.1 Å². The zero-order valence-electron chi connectivity index (χ0n) is 10.8. The van der Waals surface area contributed by atoms with Gasteiger partial charge in [-0.25, -0.2) is 4.79 Å². The maximum atomic E-state index is 11.6. The van der Waals surface area contributed by atoms with E-state index >= 15 is 0 Å². The van der Waals surface area contributed by atoms with E-state index in [1.807, 2.05) is 30.3 Å². The van der Waals surface area contributed by atoms with Crippen LogP contribution < -0.4 is 5.32 Å². The van der Waals surface area contributed by atoms with E-state index in [1.165, 1.54) is 0 Å². The van der Waals surface area contributed by atoms with E-state index in [0.29, 0.717) is 18.9 Å². The number of hydrogen-bond donors (Lipinski definition) is 1. The van der Waals surface area contributed by atoms with Gasteiger partial charge in [-0.1, -0.05) is 30.3 Å². The normalized spacial score (nSPS) is 21.6. The van der Waals surface area contributed by atoms with Gasteiger partial charge in [0.25, 0.3) is 0 Å². The monoisotopic (exact) mass is 258 g/mol. The van der Waals surface area contributed by atoms with E-state index in [0.717, 1.165) is 24.8 Å². The van der Waals surface area contributed by atoms with Gasteiger partial charge in [-0.2, -0.15) is 5.26 Å². The summed E-state index contributed by atoms with van der Waals surface area (Å²) in [4.78, 5) is 11.6. The second-order valence-corrected chi connectivity index (χ2v) is 4.94. The van der Waals surface area contributed by atoms with Gasteiger partial charge in [0.05, 0.1) is 6.07 Å². The zero-order chi connectivity index (χ0) is 13.5. The lowest BCUT2D eigenvalue weighted by Gasteiger charge is -2.12. The van der Waals surface area contributed by atoms with Gasteiger partial charge in [0.2, 0.25) is 0 Å². The van der Waals surface area contributed by atoms with Crippen LogP contribution in [0.15, 0.2) is 30.3 Å². The molecule has 0 heterocycles. The summed E-state index contributed by atoms with van der Waals surface area (Å²) in [5.74, 6) is 0.421. The number of nitrogens with one attached hydrogen (secondary N) is 1. The Balaban J connectivity index is 1.69. The molecule has 1 aromatic carbocycles. The predicted octanol–water partition coefficient (Wildman–Crippen LogP) is 3.00. The molecule has 1 N–H and O–H groups in total. The van der Waals surface area contributed by atoms with E-state index in [1.54, 1.807) is 0 Å². The van der Waals surface area contributed by atoms with Crippen LogP contribution in [0, 0.1) is 17.2 Å². The Kier molecular flexibility index (Phi) is 4.79. The van der Waals surface area contributed by atoms with Gasteiger partial charge in [0, 0.05) is 12.5 Å². The summed E-state index contributed by atoms with van der Waals surface area (Å²) in [7, 11) is 0. The third-order valence-corrected chi connectivity index (χ3v) is 3.46. The number of nitriles is 1. The van der Waals surface area contributed by atoms with Gasteiger partial charge >= 0.3 is 6.09 Å². The summed E-state index contributed by atoms with van der Waals surface area (Å²) in [6.45, 7) is 0.293. The van der Waals surface area contributed by atoms with Crippen LogP contribution in [0.1, 0.15) is 31.2 Å². The first-order chi connectivity index (χ1) is 9.28. The lowest BCUT2D eigenvalue weighted by molar-refractivity contribution is 0.135. The summed E-state index contributed by atoms with van der Waals surface area (Å²) in [5.41, 5.74) is 0.978. The Morgan fingerprint density at radius 2 is 2.16 bits per heavy atom. The third kappa shape index (κ3) is 4.29. The molecular weight excluding hydrogens is 240 g/mol. The van der Waals surface area contributed by atoms with Crippen molar-refractivity contribution < 1.29 is 9.53 Å². The number of amides is 1. The van der Waals surface area contributed by atoms with Crippen LogP contribution in [-0.4, -0.2) is 12.1 Å². The van der Waals surface area contributed by atoms with E-state index < -0.39 is 0 Å². The molecule has 0 unspecified atom stereocenters. The molecule has 2 rings (SSSR count). The second kappa shape index (κ2) is 6.79. The molecule has 4 heteroatoms. The quantitative estimate of drug-likeness (QED) is 0.903. The highest BCUT2D eigenvalue weighted by Gasteiger charge is 2.25. The zero-order valence-corrected chi connectivity index (χ0v) is 10.8. The van der Waals surface area contributed by atoms with Gasteiger partial charge in [0.15, 0.2) is 0 Å². The average Bonchev–Trinajstić information content (AvgIpc) is 2.85. The molecule has 1 aromatic rings. The predicted molar refractivity (Wildman–Crippen MR) is 71.1 cm³/mol. The average molecular weight is 258 g/mol. The van der Waals surface area contributed by atoms with Crippen molar-refractivity contribution in [1.29, 1.82) is 5.26 Å². The fraction of sp³-hybridized carbons (Fsp3) is 0.467. The Morgan fingerprint density at radius 3 is 2.89 bits per heavy atom. The fourth-order valence-electron chi connectivity index (χ4n) is 2.45. The van der Waals surface area contributed by atoms with E-state index in [4.69, 9.17) is 10.00 Å². The summed E-state index contributed by atoms with van der Waals surface area (Å²) >= 11 is 0. The number of benzene rings is 1. The molecule has 1 aliphatic carbocycles. The molecule has 4 nitrogen and oxygen atoms in total. The van der Waals surface area contributed by atoms with Crippen molar-refractivity contribution in [3.63, 3.8) is 0 Å². The first-order valence-corrected chi connectivity index (χ1v) is 6.62. The summed E-state index contributed by atoms with van der Waals surface area (Å²) in [6.07, 6.45) is 3.04. The van der Waals surface area contributed by atoms with Crippen molar-refractivity contribution in [3.05, 3.63) is 35.9 Å². The van der Waals surface area contributed by atoms with Crippen LogP contribution in [0.4, 0.5) is 4.79 Å². The Labute approximate surface area is 113 Å². The maximum absolute atomic E-state index is 11.6. The molecule has 2 atom stereocenters. The summed E-state index contributed by atoms with van der Waals surface area (Å²) < 4.78 is 5.17. The number of alkyl carbamates (subject to hydrolysis) is 1. The Morgan fingerprint density at radius 1 is 1.37 bits per heavy atom. The number of carbonyl (C=O) groups excluding carboxylic acids is 1. The van der Waals surface area contributed by atoms with Crippen LogP contribution >= 0.6 is 0 Å². The first kappa shape index (κ1) is 13.4. The van der Waals surface area contributed by atoms with Crippen molar-refractivity contribution in [2.75, 3.05) is 0 Å². The maximum Gasteiger partial charge on any atom is 0.407 e. The molecule has 0 bridgehead atoms. The van der Waals surface area contributed by atoms with Crippen molar-refractivity contribution in [1.82, 2.24) is 5.32 Å². The molecule has 1 saturated carbocycles. The molecule has 0 saturated heterocycles. The van der Waals surface area contributed by atoms with E-state index in [-0.39, 0.29) is 12.1 Å². The lowest BCUT2D eigenvalue weighted by Crippen LogP contribution is -2.33. The molecule has 1 fully saturated rings. The molecule has 1 aliphatic rings. The van der Waals surface area contributed by atoms with Gasteiger partial charge in [-0.3, -0.25) is 0 Å². The van der Waals surface area contributed by atoms with Gasteiger partial charge in [0.1, 0.15) is 6.61 Å². The van der Waals surface area contributed by atoms with Crippen LogP contribution in [0.5, 0.6) is 0 Å². The number of carbonyl (C=O) groups is 1. The van der Waals surface area contributed by atoms with Crippen molar-refractivity contribution in [2.45, 2.75) is 38.3 Å². The van der Waals surface area contributed by atoms with Crippen LogP contribution in [-0.2, 0) is 11.3 Å². The molecule has 0 radical (unpaired) electrons. The minimum Gasteiger partial charge on any atom is -0.445 e. The van der Waals surface area contributed by atoms with Crippen molar-refractivity contribution in [3.8, 4) is 6.07 Å². The SMILES string of the molecule is N#CC[C@H]1CC[C@@H](NC(=O)OCc2ccccc2)C1. The van der Waals surface area contributed by atoms with Gasteiger partial charge in [-0.05, 0) is 30.7 Å². The van der Waals surface area contributed by atoms with Crippen LogP contribution in [0.25, 0.3) is 0 Å². The summed E-state index contributed by atoms with van der Waals surface area (Å²) in [5, 5.41) is 11.5. The van der Waals surface area contributed by atoms with E-state index in [9.17, 15) is 4.79 Å². The molecular formula is C15H18N2O2. The van der Waals surface area contributed by atoms with Gasteiger partial charge in [-0.15, -0.1) is 0 Å². The summed E-state index contributed by atoms with van der Waals surface area (Å²) in [6, 6.07) is 11.9. The second-order valence-electron chi connectivity index (χ2n) is 4.94. The smallest absolute Gasteiger partial charge is 0.407 e. The minimum absolute atomic E-state index is 0.154. The number of nitrogens with zero attached hydrogens (tertiary/aromatic N) is 1. The highest BCUT2D eigenvalue weighted by atomic mass is 16.5. The molecule has 100 valence electrons. The molecule has 0 aliphatic heterocycles. The van der Waals surface area contributed by atoms with Gasteiger partial charge < -0.3 is 10.1 Å². The Hall–Kier alpha value is -2.02. The van der Waals surface area contributed by atoms with E-state index in [2.05, 4.69) is 11.4 Å². The molecule has 1 amide bonds. The lowest BCUT2D eigenvalue weighted by atomic mass is 10.1. The highest BCUT2D eigenvalue weighted by Crippen LogP contribution is 2.27.